The van der Waals surface area contributed by atoms with Crippen molar-refractivity contribution in [3.8, 4) is 0 Å². The Kier molecular flexibility index (Phi) is 4.39. The van der Waals surface area contributed by atoms with Gasteiger partial charge in [-0.2, -0.15) is 0 Å². The lowest BCUT2D eigenvalue weighted by Gasteiger charge is -2.31. The number of nitrogens with zero attached hydrogens (tertiary/aromatic N) is 1. The van der Waals surface area contributed by atoms with E-state index in [0.29, 0.717) is 18.5 Å². The fraction of sp³-hybridized carbons (Fsp3) is 0.500. The zero-order valence-corrected chi connectivity index (χ0v) is 13.2. The van der Waals surface area contributed by atoms with Crippen LogP contribution in [0.1, 0.15) is 42.3 Å². The Hall–Kier alpha value is -2.11. The van der Waals surface area contributed by atoms with Gasteiger partial charge in [0, 0.05) is 13.1 Å². The number of amides is 1. The minimum Gasteiger partial charge on any atom is -0.465 e. The summed E-state index contributed by atoms with van der Waals surface area (Å²) in [6.07, 6.45) is 0.120. The molecule has 22 heavy (non-hydrogen) atoms. The van der Waals surface area contributed by atoms with E-state index < -0.39 is 23.5 Å². The Morgan fingerprint density at radius 3 is 2.50 bits per heavy atom. The summed E-state index contributed by atoms with van der Waals surface area (Å²) in [6, 6.07) is 2.79. The number of hydrogen-bond donors (Lipinski definition) is 0. The molecule has 1 aliphatic rings. The minimum absolute atomic E-state index is 0.0769. The van der Waals surface area contributed by atoms with Gasteiger partial charge < -0.3 is 14.4 Å². The first-order chi connectivity index (χ1) is 10.2. The second-order valence-corrected chi connectivity index (χ2v) is 6.24. The largest absolute Gasteiger partial charge is 0.465 e. The normalized spacial score (nSPS) is 14.3. The third-order valence-corrected chi connectivity index (χ3v) is 3.36. The average Bonchev–Trinajstić information content (AvgIpc) is 2.43. The van der Waals surface area contributed by atoms with Gasteiger partial charge in [0.2, 0.25) is 0 Å². The van der Waals surface area contributed by atoms with Crippen molar-refractivity contribution in [1.82, 2.24) is 4.90 Å². The maximum absolute atomic E-state index is 14.0. The number of carbonyl (C=O) groups excluding carboxylic acids is 2. The second kappa shape index (κ2) is 5.94. The Morgan fingerprint density at radius 2 is 1.91 bits per heavy atom. The van der Waals surface area contributed by atoms with Gasteiger partial charge >= 0.3 is 12.1 Å². The van der Waals surface area contributed by atoms with Crippen molar-refractivity contribution in [3.05, 3.63) is 34.6 Å². The molecule has 0 saturated carbocycles. The van der Waals surface area contributed by atoms with Crippen molar-refractivity contribution >= 4 is 12.1 Å². The van der Waals surface area contributed by atoms with Crippen LogP contribution < -0.4 is 0 Å². The fourth-order valence-corrected chi connectivity index (χ4v) is 2.33. The van der Waals surface area contributed by atoms with E-state index in [0.717, 1.165) is 5.56 Å². The van der Waals surface area contributed by atoms with Crippen molar-refractivity contribution in [2.24, 2.45) is 0 Å². The molecule has 5 nitrogen and oxygen atoms in total. The van der Waals surface area contributed by atoms with E-state index in [2.05, 4.69) is 4.74 Å². The molecule has 1 aromatic carbocycles. The van der Waals surface area contributed by atoms with Crippen LogP contribution in [-0.2, 0) is 22.4 Å². The van der Waals surface area contributed by atoms with Crippen LogP contribution in [0.3, 0.4) is 0 Å². The maximum atomic E-state index is 14.0. The molecule has 1 heterocycles. The molecule has 2 rings (SSSR count). The molecule has 0 aromatic heterocycles. The predicted molar refractivity (Wildman–Crippen MR) is 78.1 cm³/mol. The maximum Gasteiger partial charge on any atom is 0.410 e. The molecule has 1 aliphatic heterocycles. The Bertz CT molecular complexity index is 607. The minimum atomic E-state index is -0.699. The van der Waals surface area contributed by atoms with E-state index in [9.17, 15) is 14.0 Å². The number of esters is 1. The first-order valence-corrected chi connectivity index (χ1v) is 7.09. The summed E-state index contributed by atoms with van der Waals surface area (Å²) < 4.78 is 23.9. The number of hydrogen-bond acceptors (Lipinski definition) is 4. The number of benzene rings is 1. The zero-order valence-electron chi connectivity index (χ0n) is 13.2. The lowest BCUT2D eigenvalue weighted by molar-refractivity contribution is 0.0223. The molecular formula is C16H20FNO4. The number of halogens is 1. The molecule has 0 atom stereocenters. The van der Waals surface area contributed by atoms with Gasteiger partial charge in [-0.3, -0.25) is 0 Å². The fourth-order valence-electron chi connectivity index (χ4n) is 2.33. The lowest BCUT2D eigenvalue weighted by Crippen LogP contribution is -2.40. The Labute approximate surface area is 129 Å². The second-order valence-electron chi connectivity index (χ2n) is 6.24. The van der Waals surface area contributed by atoms with Crippen molar-refractivity contribution in [1.29, 1.82) is 0 Å². The van der Waals surface area contributed by atoms with Gasteiger partial charge in [0.1, 0.15) is 11.4 Å². The highest BCUT2D eigenvalue weighted by Crippen LogP contribution is 2.24. The first-order valence-electron chi connectivity index (χ1n) is 7.09. The molecule has 1 amide bonds. The Balaban J connectivity index is 2.20. The molecule has 0 spiro atoms. The zero-order chi connectivity index (χ0) is 16.5. The third-order valence-electron chi connectivity index (χ3n) is 3.36. The molecule has 0 aliphatic carbocycles. The molecule has 120 valence electrons. The van der Waals surface area contributed by atoms with E-state index in [-0.39, 0.29) is 12.1 Å². The van der Waals surface area contributed by atoms with Gasteiger partial charge in [0.25, 0.3) is 0 Å². The molecule has 0 radical (unpaired) electrons. The van der Waals surface area contributed by atoms with Crippen molar-refractivity contribution in [2.75, 3.05) is 13.7 Å². The van der Waals surface area contributed by atoms with Gasteiger partial charge in [0.05, 0.1) is 12.7 Å². The molecule has 0 fully saturated rings. The lowest BCUT2D eigenvalue weighted by atomic mass is 9.97. The van der Waals surface area contributed by atoms with Gasteiger partial charge in [-0.15, -0.1) is 0 Å². The van der Waals surface area contributed by atoms with Crippen LogP contribution in [-0.4, -0.2) is 36.2 Å². The summed E-state index contributed by atoms with van der Waals surface area (Å²) in [5.41, 5.74) is 0.882. The molecule has 0 bridgehead atoms. The molecule has 0 unspecified atom stereocenters. The molecule has 1 aromatic rings. The summed E-state index contributed by atoms with van der Waals surface area (Å²) in [4.78, 5) is 25.1. The number of rotatable bonds is 1. The smallest absolute Gasteiger partial charge is 0.410 e. The number of fused-ring (bicyclic) bond motifs is 1. The van der Waals surface area contributed by atoms with Crippen LogP contribution in [0.25, 0.3) is 0 Å². The highest BCUT2D eigenvalue weighted by Gasteiger charge is 2.27. The van der Waals surface area contributed by atoms with E-state index in [1.807, 2.05) is 0 Å². The summed E-state index contributed by atoms with van der Waals surface area (Å²) in [5, 5.41) is 0. The van der Waals surface area contributed by atoms with Crippen LogP contribution in [0, 0.1) is 5.82 Å². The van der Waals surface area contributed by atoms with Crippen LogP contribution in [0.15, 0.2) is 12.1 Å². The van der Waals surface area contributed by atoms with Gasteiger partial charge in [-0.1, -0.05) is 0 Å². The van der Waals surface area contributed by atoms with E-state index in [4.69, 9.17) is 4.74 Å². The number of methoxy groups -OCH3 is 1. The number of ether oxygens (including phenoxy) is 2. The highest BCUT2D eigenvalue weighted by atomic mass is 19.1. The van der Waals surface area contributed by atoms with Crippen LogP contribution in [0.2, 0.25) is 0 Å². The standard InChI is InChI=1S/C16H20FNO4/c1-16(2,3)22-15(20)18-6-5-10-7-12(14(19)21-4)13(17)8-11(10)9-18/h7-8H,5-6,9H2,1-4H3. The molecule has 6 heteroatoms. The first kappa shape index (κ1) is 16.3. The van der Waals surface area contributed by atoms with Crippen molar-refractivity contribution in [2.45, 2.75) is 39.3 Å². The Morgan fingerprint density at radius 1 is 1.23 bits per heavy atom. The van der Waals surface area contributed by atoms with Gasteiger partial charge in [0.15, 0.2) is 0 Å². The quantitative estimate of drug-likeness (QED) is 0.749. The summed E-state index contributed by atoms with van der Waals surface area (Å²) in [6.45, 7) is 6.12. The topological polar surface area (TPSA) is 55.8 Å². The molecular weight excluding hydrogens is 289 g/mol. The van der Waals surface area contributed by atoms with Crippen molar-refractivity contribution in [3.63, 3.8) is 0 Å². The highest BCUT2D eigenvalue weighted by molar-refractivity contribution is 5.90. The van der Waals surface area contributed by atoms with Crippen molar-refractivity contribution < 1.29 is 23.5 Å². The van der Waals surface area contributed by atoms with Gasteiger partial charge in [-0.25, -0.2) is 14.0 Å². The monoisotopic (exact) mass is 309 g/mol. The molecule has 0 saturated heterocycles. The van der Waals surface area contributed by atoms with Crippen LogP contribution in [0.4, 0.5) is 9.18 Å². The summed E-state index contributed by atoms with van der Waals surface area (Å²) in [5.74, 6) is -1.34. The number of carbonyl (C=O) groups is 2. The van der Waals surface area contributed by atoms with E-state index in [1.54, 1.807) is 20.8 Å². The summed E-state index contributed by atoms with van der Waals surface area (Å²) in [7, 11) is 1.21. The predicted octanol–water partition coefficient (Wildman–Crippen LogP) is 2.91. The van der Waals surface area contributed by atoms with E-state index >= 15 is 0 Å². The van der Waals surface area contributed by atoms with E-state index in [1.165, 1.54) is 24.1 Å². The SMILES string of the molecule is COC(=O)c1cc2c(cc1F)CN(C(=O)OC(C)(C)C)CC2. The molecule has 0 N–H and O–H groups in total. The van der Waals surface area contributed by atoms with Gasteiger partial charge in [-0.05, 0) is 50.5 Å². The van der Waals surface area contributed by atoms with Crippen LogP contribution >= 0.6 is 0 Å². The van der Waals surface area contributed by atoms with Crippen LogP contribution in [0.5, 0.6) is 0 Å². The summed E-state index contributed by atoms with van der Waals surface area (Å²) >= 11 is 0. The third kappa shape index (κ3) is 3.55. The average molecular weight is 309 g/mol.